The molecule has 0 radical (unpaired) electrons. The number of hydrogen-bond donors (Lipinski definition) is 0. The summed E-state index contributed by atoms with van der Waals surface area (Å²) in [6, 6.07) is 0. The SMILES string of the molecule is CCCCOCCOC(=O)CC(C)=O.[Ti]. The molecule has 0 bridgehead atoms. The van der Waals surface area contributed by atoms with Crippen molar-refractivity contribution in [3.05, 3.63) is 0 Å². The van der Waals surface area contributed by atoms with Crippen molar-refractivity contribution in [3.8, 4) is 0 Å². The van der Waals surface area contributed by atoms with Gasteiger partial charge in [0.05, 0.1) is 6.61 Å². The zero-order valence-electron chi connectivity index (χ0n) is 9.38. The Hall–Kier alpha value is -0.186. The van der Waals surface area contributed by atoms with E-state index in [1.807, 2.05) is 0 Å². The predicted octanol–water partition coefficient (Wildman–Crippen LogP) is 1.32. The molecule has 86 valence electrons. The molecule has 0 aliphatic carbocycles. The monoisotopic (exact) mass is 250 g/mol. The molecule has 0 aromatic rings. The predicted molar refractivity (Wildman–Crippen MR) is 52.0 cm³/mol. The van der Waals surface area contributed by atoms with Crippen molar-refractivity contribution in [1.82, 2.24) is 0 Å². The molecule has 0 spiro atoms. The summed E-state index contributed by atoms with van der Waals surface area (Å²) in [6.45, 7) is 4.77. The van der Waals surface area contributed by atoms with Crippen molar-refractivity contribution in [3.63, 3.8) is 0 Å². The van der Waals surface area contributed by atoms with Gasteiger partial charge in [0.25, 0.3) is 0 Å². The topological polar surface area (TPSA) is 52.6 Å². The van der Waals surface area contributed by atoms with Crippen molar-refractivity contribution < 1.29 is 40.8 Å². The van der Waals surface area contributed by atoms with Crippen LogP contribution in [0.2, 0.25) is 0 Å². The van der Waals surface area contributed by atoms with E-state index in [1.165, 1.54) is 6.92 Å². The maximum Gasteiger partial charge on any atom is 0.313 e. The smallest absolute Gasteiger partial charge is 0.313 e. The molecule has 0 rings (SSSR count). The van der Waals surface area contributed by atoms with Gasteiger partial charge in [-0.15, -0.1) is 0 Å². The van der Waals surface area contributed by atoms with E-state index >= 15 is 0 Å². The molecule has 0 aliphatic rings. The van der Waals surface area contributed by atoms with Crippen LogP contribution in [0, 0.1) is 0 Å². The number of ketones is 1. The van der Waals surface area contributed by atoms with Gasteiger partial charge in [0, 0.05) is 28.3 Å². The Bertz CT molecular complexity index is 182. The summed E-state index contributed by atoms with van der Waals surface area (Å²) in [5.41, 5.74) is 0. The van der Waals surface area contributed by atoms with Crippen molar-refractivity contribution in [2.75, 3.05) is 19.8 Å². The molecule has 0 aliphatic heterocycles. The summed E-state index contributed by atoms with van der Waals surface area (Å²) in [5, 5.41) is 0. The van der Waals surface area contributed by atoms with Gasteiger partial charge in [0.1, 0.15) is 18.8 Å². The molecule has 0 fully saturated rings. The Morgan fingerprint density at radius 2 is 1.80 bits per heavy atom. The van der Waals surface area contributed by atoms with E-state index in [4.69, 9.17) is 9.47 Å². The average Bonchev–Trinajstić information content (AvgIpc) is 2.10. The first-order valence-corrected chi connectivity index (χ1v) is 4.89. The maximum atomic E-state index is 10.8. The van der Waals surface area contributed by atoms with E-state index < -0.39 is 5.97 Å². The number of ether oxygens (including phenoxy) is 2. The third-order valence-corrected chi connectivity index (χ3v) is 1.53. The summed E-state index contributed by atoms with van der Waals surface area (Å²) in [7, 11) is 0. The van der Waals surface area contributed by atoms with Crippen LogP contribution in [0.1, 0.15) is 33.1 Å². The van der Waals surface area contributed by atoms with Gasteiger partial charge in [-0.2, -0.15) is 0 Å². The zero-order chi connectivity index (χ0) is 10.8. The summed E-state index contributed by atoms with van der Waals surface area (Å²) in [4.78, 5) is 21.3. The number of esters is 1. The van der Waals surface area contributed by atoms with Gasteiger partial charge in [0.2, 0.25) is 0 Å². The van der Waals surface area contributed by atoms with Crippen LogP contribution in [0.25, 0.3) is 0 Å². The van der Waals surface area contributed by atoms with Crippen molar-refractivity contribution in [1.29, 1.82) is 0 Å². The van der Waals surface area contributed by atoms with Crippen LogP contribution in [-0.2, 0) is 40.8 Å². The molecule has 0 saturated carbocycles. The second-order valence-electron chi connectivity index (χ2n) is 3.07. The number of Topliss-reactive ketones (excluding diaryl/α,β-unsaturated/α-hetero) is 1. The van der Waals surface area contributed by atoms with Crippen LogP contribution in [-0.4, -0.2) is 31.6 Å². The fourth-order valence-corrected chi connectivity index (χ4v) is 0.817. The summed E-state index contributed by atoms with van der Waals surface area (Å²) in [6.07, 6.45) is 1.96. The maximum absolute atomic E-state index is 10.8. The van der Waals surface area contributed by atoms with Crippen LogP contribution >= 0.6 is 0 Å². The fraction of sp³-hybridized carbons (Fsp3) is 0.800. The van der Waals surface area contributed by atoms with Gasteiger partial charge in [0.15, 0.2) is 0 Å². The average molecular weight is 250 g/mol. The molecule has 0 heterocycles. The fourth-order valence-electron chi connectivity index (χ4n) is 0.817. The number of rotatable bonds is 8. The Morgan fingerprint density at radius 1 is 1.13 bits per heavy atom. The van der Waals surface area contributed by atoms with E-state index in [-0.39, 0.29) is 40.5 Å². The van der Waals surface area contributed by atoms with Gasteiger partial charge in [-0.25, -0.2) is 0 Å². The molecule has 0 atom stereocenters. The normalized spacial score (nSPS) is 9.20. The van der Waals surface area contributed by atoms with Gasteiger partial charge in [-0.1, -0.05) is 13.3 Å². The Labute approximate surface area is 106 Å². The molecule has 0 N–H and O–H groups in total. The van der Waals surface area contributed by atoms with Crippen molar-refractivity contribution in [2.45, 2.75) is 33.1 Å². The standard InChI is InChI=1S/C10H18O4.Ti/c1-3-4-5-13-6-7-14-10(12)8-9(2)11;/h3-8H2,1-2H3;. The zero-order valence-corrected chi connectivity index (χ0v) is 10.9. The largest absolute Gasteiger partial charge is 0.463 e. The first kappa shape index (κ1) is 17.2. The van der Waals surface area contributed by atoms with Crippen LogP contribution in [0.5, 0.6) is 0 Å². The van der Waals surface area contributed by atoms with Crippen LogP contribution in [0.15, 0.2) is 0 Å². The Kier molecular flexibility index (Phi) is 13.6. The quantitative estimate of drug-likeness (QED) is 0.282. The van der Waals surface area contributed by atoms with E-state index in [0.29, 0.717) is 13.2 Å². The molecule has 0 amide bonds. The van der Waals surface area contributed by atoms with Crippen LogP contribution in [0.3, 0.4) is 0 Å². The molecule has 4 nitrogen and oxygen atoms in total. The number of carbonyl (C=O) groups excluding carboxylic acids is 2. The first-order chi connectivity index (χ1) is 6.66. The number of carbonyl (C=O) groups is 2. The minimum atomic E-state index is -0.475. The van der Waals surface area contributed by atoms with Gasteiger partial charge in [-0.05, 0) is 13.3 Å². The van der Waals surface area contributed by atoms with Gasteiger partial charge in [-0.3, -0.25) is 9.59 Å². The van der Waals surface area contributed by atoms with Crippen LogP contribution < -0.4 is 0 Å². The van der Waals surface area contributed by atoms with Gasteiger partial charge >= 0.3 is 5.97 Å². The van der Waals surface area contributed by atoms with Crippen molar-refractivity contribution >= 4 is 11.8 Å². The Balaban J connectivity index is 0. The summed E-state index contributed by atoms with van der Waals surface area (Å²) in [5.74, 6) is -0.654. The van der Waals surface area contributed by atoms with Crippen molar-refractivity contribution in [2.24, 2.45) is 0 Å². The summed E-state index contributed by atoms with van der Waals surface area (Å²) < 4.78 is 9.92. The molecule has 5 heteroatoms. The van der Waals surface area contributed by atoms with E-state index in [9.17, 15) is 9.59 Å². The van der Waals surface area contributed by atoms with Crippen LogP contribution in [0.4, 0.5) is 0 Å². The minimum Gasteiger partial charge on any atom is -0.463 e. The first-order valence-electron chi connectivity index (χ1n) is 4.89. The van der Waals surface area contributed by atoms with E-state index in [2.05, 4.69) is 6.92 Å². The molecule has 0 unspecified atom stereocenters. The molecular weight excluding hydrogens is 232 g/mol. The number of unbranched alkanes of at least 4 members (excludes halogenated alkanes) is 1. The second kappa shape index (κ2) is 11.9. The third kappa shape index (κ3) is 13.8. The van der Waals surface area contributed by atoms with E-state index in [0.717, 1.165) is 12.8 Å². The minimum absolute atomic E-state index is 0. The molecule has 0 aromatic carbocycles. The molecule has 15 heavy (non-hydrogen) atoms. The third-order valence-electron chi connectivity index (χ3n) is 1.53. The molecular formula is C10H18O4Ti. The summed E-state index contributed by atoms with van der Waals surface area (Å²) >= 11 is 0. The van der Waals surface area contributed by atoms with E-state index in [1.54, 1.807) is 0 Å². The Morgan fingerprint density at radius 3 is 2.33 bits per heavy atom. The molecule has 0 saturated heterocycles. The van der Waals surface area contributed by atoms with Gasteiger partial charge < -0.3 is 9.47 Å². The molecule has 0 aromatic heterocycles. The number of hydrogen-bond acceptors (Lipinski definition) is 4. The second-order valence-corrected chi connectivity index (χ2v) is 3.07.